The molecule has 5 heteroatoms. The smallest absolute Gasteiger partial charge is 0.306 e. The average Bonchev–Trinajstić information content (AvgIpc) is 2.82. The minimum Gasteiger partial charge on any atom is -0.497 e. The van der Waals surface area contributed by atoms with Gasteiger partial charge < -0.3 is 14.4 Å². The minimum atomic E-state index is -0.395. The van der Waals surface area contributed by atoms with E-state index in [0.717, 1.165) is 50.8 Å². The minimum absolute atomic E-state index is 0. The largest absolute Gasteiger partial charge is 0.497 e. The Balaban J connectivity index is 0.00000578. The van der Waals surface area contributed by atoms with E-state index in [1.165, 1.54) is 56.9 Å². The summed E-state index contributed by atoms with van der Waals surface area (Å²) in [5.41, 5.74) is 0.843. The zero-order valence-electron chi connectivity index (χ0n) is 22.3. The van der Waals surface area contributed by atoms with E-state index >= 15 is 0 Å². The van der Waals surface area contributed by atoms with Crippen LogP contribution in [-0.2, 0) is 9.53 Å². The summed E-state index contributed by atoms with van der Waals surface area (Å²) in [5.74, 6) is 1.03. The van der Waals surface area contributed by atoms with Crippen LogP contribution < -0.4 is 4.74 Å². The number of carbonyl (C=O) groups excluding carboxylic acids is 1. The molecule has 0 radical (unpaired) electrons. The Hall–Kier alpha value is -1.26. The third-order valence-electron chi connectivity index (χ3n) is 7.20. The van der Waals surface area contributed by atoms with Crippen molar-refractivity contribution in [3.8, 4) is 5.75 Å². The summed E-state index contributed by atoms with van der Waals surface area (Å²) in [6.07, 6.45) is 17.3. The maximum Gasteiger partial charge on any atom is 0.306 e. The van der Waals surface area contributed by atoms with Gasteiger partial charge in [0.25, 0.3) is 0 Å². The van der Waals surface area contributed by atoms with Crippen molar-refractivity contribution in [1.29, 1.82) is 0 Å². The van der Waals surface area contributed by atoms with Crippen LogP contribution in [0.4, 0.5) is 0 Å². The summed E-state index contributed by atoms with van der Waals surface area (Å²) in [7, 11) is 5.91. The average molecular weight is 496 g/mol. The number of carbonyl (C=O) groups is 1. The predicted molar refractivity (Wildman–Crippen MR) is 145 cm³/mol. The first-order valence-electron chi connectivity index (χ1n) is 13.5. The van der Waals surface area contributed by atoms with E-state index in [2.05, 4.69) is 38.1 Å². The molecular weight excluding hydrogens is 446 g/mol. The summed E-state index contributed by atoms with van der Waals surface area (Å²) in [6.45, 7) is 3.13. The predicted octanol–water partition coefficient (Wildman–Crippen LogP) is 7.93. The van der Waals surface area contributed by atoms with Crippen LogP contribution in [0, 0.1) is 0 Å². The Morgan fingerprint density at radius 2 is 1.47 bits per heavy atom. The molecule has 0 heterocycles. The van der Waals surface area contributed by atoms with Gasteiger partial charge >= 0.3 is 5.97 Å². The van der Waals surface area contributed by atoms with Gasteiger partial charge in [0, 0.05) is 18.9 Å². The molecule has 1 aliphatic rings. The van der Waals surface area contributed by atoms with E-state index in [9.17, 15) is 4.79 Å². The molecule has 0 saturated heterocycles. The fraction of sp³-hybridized carbons (Fsp3) is 0.759. The molecule has 1 unspecified atom stereocenters. The number of ether oxygens (including phenoxy) is 2. The van der Waals surface area contributed by atoms with Gasteiger partial charge in [-0.15, -0.1) is 12.4 Å². The van der Waals surface area contributed by atoms with Crippen molar-refractivity contribution in [2.45, 2.75) is 115 Å². The van der Waals surface area contributed by atoms with E-state index in [0.29, 0.717) is 6.42 Å². The molecule has 2 rings (SSSR count). The second-order valence-electron chi connectivity index (χ2n) is 10.3. The number of methoxy groups -OCH3 is 1. The number of hydrogen-bond acceptors (Lipinski definition) is 4. The van der Waals surface area contributed by atoms with Gasteiger partial charge in [0.1, 0.15) is 11.4 Å². The number of hydrogen-bond donors (Lipinski definition) is 0. The summed E-state index contributed by atoms with van der Waals surface area (Å²) >= 11 is 0. The number of esters is 1. The SMILES string of the molecule is CCCCCCCCCCCC(=O)OC1(C(CN(C)C)c2ccc(OC)cc2)CCCCC1.Cl. The van der Waals surface area contributed by atoms with Gasteiger partial charge in [-0.3, -0.25) is 4.79 Å². The lowest BCUT2D eigenvalue weighted by Crippen LogP contribution is -2.46. The second kappa shape index (κ2) is 17.2. The number of nitrogens with zero attached hydrogens (tertiary/aromatic N) is 1. The molecule has 1 aliphatic carbocycles. The number of likely N-dealkylation sites (N-methyl/N-ethyl adjacent to an activating group) is 1. The quantitative estimate of drug-likeness (QED) is 0.172. The zero-order valence-corrected chi connectivity index (χ0v) is 23.1. The van der Waals surface area contributed by atoms with Crippen molar-refractivity contribution in [1.82, 2.24) is 4.90 Å². The summed E-state index contributed by atoms with van der Waals surface area (Å²) < 4.78 is 11.8. The molecule has 0 aromatic heterocycles. The summed E-state index contributed by atoms with van der Waals surface area (Å²) in [6, 6.07) is 8.35. The monoisotopic (exact) mass is 495 g/mol. The molecule has 0 bridgehead atoms. The molecule has 34 heavy (non-hydrogen) atoms. The highest BCUT2D eigenvalue weighted by molar-refractivity contribution is 5.85. The number of unbranched alkanes of at least 4 members (excludes halogenated alkanes) is 8. The highest BCUT2D eigenvalue weighted by Crippen LogP contribution is 2.44. The molecule has 0 spiro atoms. The summed E-state index contributed by atoms with van der Waals surface area (Å²) in [5, 5.41) is 0. The van der Waals surface area contributed by atoms with E-state index in [1.807, 2.05) is 12.1 Å². The van der Waals surface area contributed by atoms with E-state index in [1.54, 1.807) is 7.11 Å². The summed E-state index contributed by atoms with van der Waals surface area (Å²) in [4.78, 5) is 15.2. The van der Waals surface area contributed by atoms with Gasteiger partial charge in [-0.05, 0) is 63.9 Å². The van der Waals surface area contributed by atoms with Crippen LogP contribution >= 0.6 is 12.4 Å². The molecule has 1 atom stereocenters. The molecule has 1 aromatic rings. The Morgan fingerprint density at radius 3 is 2.00 bits per heavy atom. The van der Waals surface area contributed by atoms with Crippen molar-refractivity contribution >= 4 is 18.4 Å². The fourth-order valence-corrected chi connectivity index (χ4v) is 5.31. The van der Waals surface area contributed by atoms with Crippen molar-refractivity contribution in [2.75, 3.05) is 27.7 Å². The van der Waals surface area contributed by atoms with Gasteiger partial charge in [0.2, 0.25) is 0 Å². The van der Waals surface area contributed by atoms with Crippen LogP contribution in [0.25, 0.3) is 0 Å². The van der Waals surface area contributed by atoms with Crippen LogP contribution in [0.3, 0.4) is 0 Å². The standard InChI is InChI=1S/C29H49NO3.ClH/c1-5-6-7-8-9-10-11-12-14-17-28(31)33-29(22-15-13-16-23-29)27(24-30(2)3)25-18-20-26(32-4)21-19-25;/h18-21,27H,5-17,22-24H2,1-4H3;1H. The van der Waals surface area contributed by atoms with Crippen LogP contribution in [0.2, 0.25) is 0 Å². The third kappa shape index (κ3) is 10.6. The van der Waals surface area contributed by atoms with E-state index < -0.39 is 5.60 Å². The molecule has 0 aliphatic heterocycles. The molecule has 4 nitrogen and oxygen atoms in total. The second-order valence-corrected chi connectivity index (χ2v) is 10.3. The van der Waals surface area contributed by atoms with Crippen molar-refractivity contribution in [3.05, 3.63) is 29.8 Å². The molecule has 0 amide bonds. The highest BCUT2D eigenvalue weighted by Gasteiger charge is 2.44. The fourth-order valence-electron chi connectivity index (χ4n) is 5.31. The lowest BCUT2D eigenvalue weighted by Gasteiger charge is -2.44. The number of rotatable bonds is 16. The van der Waals surface area contributed by atoms with Gasteiger partial charge in [0.05, 0.1) is 7.11 Å². The van der Waals surface area contributed by atoms with Crippen LogP contribution in [0.5, 0.6) is 5.75 Å². The Labute approximate surface area is 215 Å². The molecular formula is C29H50ClNO3. The first-order chi connectivity index (χ1) is 16.0. The first kappa shape index (κ1) is 30.8. The molecule has 0 N–H and O–H groups in total. The lowest BCUT2D eigenvalue weighted by molar-refractivity contribution is -0.167. The van der Waals surface area contributed by atoms with Crippen molar-refractivity contribution in [3.63, 3.8) is 0 Å². The first-order valence-corrected chi connectivity index (χ1v) is 13.5. The Bertz CT molecular complexity index is 656. The van der Waals surface area contributed by atoms with E-state index in [4.69, 9.17) is 9.47 Å². The zero-order chi connectivity index (χ0) is 23.9. The van der Waals surface area contributed by atoms with Gasteiger partial charge in [0.15, 0.2) is 0 Å². The maximum atomic E-state index is 13.0. The lowest BCUT2D eigenvalue weighted by atomic mass is 9.72. The molecule has 1 fully saturated rings. The Kier molecular flexibility index (Phi) is 15.6. The molecule has 1 saturated carbocycles. The highest BCUT2D eigenvalue weighted by atomic mass is 35.5. The third-order valence-corrected chi connectivity index (χ3v) is 7.20. The number of halogens is 1. The van der Waals surface area contributed by atoms with Gasteiger partial charge in [-0.25, -0.2) is 0 Å². The van der Waals surface area contributed by atoms with Crippen LogP contribution in [0.15, 0.2) is 24.3 Å². The van der Waals surface area contributed by atoms with Gasteiger partial charge in [-0.2, -0.15) is 0 Å². The number of benzene rings is 1. The van der Waals surface area contributed by atoms with Crippen LogP contribution in [0.1, 0.15) is 115 Å². The van der Waals surface area contributed by atoms with Gasteiger partial charge in [-0.1, -0.05) is 76.8 Å². The van der Waals surface area contributed by atoms with Crippen molar-refractivity contribution in [2.24, 2.45) is 0 Å². The van der Waals surface area contributed by atoms with Crippen molar-refractivity contribution < 1.29 is 14.3 Å². The maximum absolute atomic E-state index is 13.0. The molecule has 196 valence electrons. The van der Waals surface area contributed by atoms with E-state index in [-0.39, 0.29) is 24.3 Å². The van der Waals surface area contributed by atoms with Crippen LogP contribution in [-0.4, -0.2) is 44.2 Å². The molecule has 1 aromatic carbocycles. The topological polar surface area (TPSA) is 38.8 Å². The normalized spacial score (nSPS) is 16.0. The Morgan fingerprint density at radius 1 is 0.912 bits per heavy atom.